The smallest absolute Gasteiger partial charge is 0.00678 e. The molecule has 2 atom stereocenters. The molecule has 0 aliphatic heterocycles. The minimum Gasteiger partial charge on any atom is -0.0925 e. The van der Waals surface area contributed by atoms with Gasteiger partial charge in [-0.1, -0.05) is 49.5 Å². The van der Waals surface area contributed by atoms with E-state index in [9.17, 15) is 0 Å². The molecule has 0 spiro atoms. The third-order valence-electron chi connectivity index (χ3n) is 4.87. The molecule has 0 radical (unpaired) electrons. The summed E-state index contributed by atoms with van der Waals surface area (Å²) < 4.78 is 0. The minimum atomic E-state index is 0.634. The van der Waals surface area contributed by atoms with Crippen molar-refractivity contribution in [2.75, 3.05) is 5.33 Å². The highest BCUT2D eigenvalue weighted by Gasteiger charge is 2.59. The van der Waals surface area contributed by atoms with E-state index < -0.39 is 0 Å². The third kappa shape index (κ3) is 1.77. The summed E-state index contributed by atoms with van der Waals surface area (Å²) in [4.78, 5) is 0. The zero-order chi connectivity index (χ0) is 10.3. The molecule has 0 bridgehead atoms. The average Bonchev–Trinajstić information content (AvgIpc) is 2.69. The van der Waals surface area contributed by atoms with E-state index in [2.05, 4.69) is 36.7 Å². The van der Waals surface area contributed by atoms with Crippen LogP contribution in [0.2, 0.25) is 0 Å². The van der Waals surface area contributed by atoms with Gasteiger partial charge < -0.3 is 0 Å². The Morgan fingerprint density at radius 1 is 1.14 bits per heavy atom. The van der Waals surface area contributed by atoms with Gasteiger partial charge in [0, 0.05) is 5.33 Å². The van der Waals surface area contributed by atoms with Crippen LogP contribution < -0.4 is 0 Å². The zero-order valence-electron chi connectivity index (χ0n) is 9.72. The summed E-state index contributed by atoms with van der Waals surface area (Å²) in [6, 6.07) is 0. The van der Waals surface area contributed by atoms with Crippen molar-refractivity contribution in [3.05, 3.63) is 0 Å². The maximum atomic E-state index is 3.67. The number of halogens is 1. The van der Waals surface area contributed by atoms with E-state index in [4.69, 9.17) is 0 Å². The molecule has 2 aliphatic rings. The Labute approximate surface area is 97.0 Å². The Morgan fingerprint density at radius 3 is 2.14 bits per heavy atom. The van der Waals surface area contributed by atoms with Crippen LogP contribution in [0.15, 0.2) is 0 Å². The molecule has 14 heavy (non-hydrogen) atoms. The Morgan fingerprint density at radius 2 is 1.71 bits per heavy atom. The van der Waals surface area contributed by atoms with Gasteiger partial charge in [0.15, 0.2) is 0 Å². The molecular weight excluding hydrogens is 236 g/mol. The standard InChI is InChI=1S/C13H23Br/c1-9-4-6-10(7-5-9)12-11(8-14)13(12,2)3/h9-12H,4-8H2,1-3H3. The fraction of sp³-hybridized carbons (Fsp3) is 1.00. The second-order valence-electron chi connectivity index (χ2n) is 6.13. The van der Waals surface area contributed by atoms with Crippen LogP contribution in [-0.2, 0) is 0 Å². The van der Waals surface area contributed by atoms with Crippen LogP contribution in [0.25, 0.3) is 0 Å². The van der Waals surface area contributed by atoms with Crippen molar-refractivity contribution in [1.82, 2.24) is 0 Å². The summed E-state index contributed by atoms with van der Waals surface area (Å²) in [6.45, 7) is 7.33. The molecule has 0 aromatic carbocycles. The van der Waals surface area contributed by atoms with Gasteiger partial charge in [-0.3, -0.25) is 0 Å². The van der Waals surface area contributed by atoms with Gasteiger partial charge in [0.1, 0.15) is 0 Å². The lowest BCUT2D eigenvalue weighted by atomic mass is 9.79. The first-order chi connectivity index (χ1) is 6.57. The zero-order valence-corrected chi connectivity index (χ0v) is 11.3. The van der Waals surface area contributed by atoms with Gasteiger partial charge >= 0.3 is 0 Å². The lowest BCUT2D eigenvalue weighted by Gasteiger charge is -2.27. The van der Waals surface area contributed by atoms with Gasteiger partial charge in [0.25, 0.3) is 0 Å². The molecule has 2 fully saturated rings. The van der Waals surface area contributed by atoms with E-state index in [1.165, 1.54) is 31.0 Å². The van der Waals surface area contributed by atoms with Crippen molar-refractivity contribution in [3.8, 4) is 0 Å². The van der Waals surface area contributed by atoms with Crippen LogP contribution in [0.3, 0.4) is 0 Å². The molecular formula is C13H23Br. The highest BCUT2D eigenvalue weighted by Crippen LogP contribution is 2.64. The lowest BCUT2D eigenvalue weighted by Crippen LogP contribution is -2.16. The summed E-state index contributed by atoms with van der Waals surface area (Å²) >= 11 is 3.67. The summed E-state index contributed by atoms with van der Waals surface area (Å²) in [6.07, 6.45) is 5.95. The highest BCUT2D eigenvalue weighted by atomic mass is 79.9. The van der Waals surface area contributed by atoms with Crippen LogP contribution in [0.4, 0.5) is 0 Å². The second-order valence-corrected chi connectivity index (χ2v) is 6.78. The third-order valence-corrected chi connectivity index (χ3v) is 5.57. The molecule has 0 nitrogen and oxygen atoms in total. The molecule has 0 N–H and O–H groups in total. The van der Waals surface area contributed by atoms with Crippen LogP contribution in [-0.4, -0.2) is 5.33 Å². The lowest BCUT2D eigenvalue weighted by molar-refractivity contribution is 0.243. The highest BCUT2D eigenvalue weighted by molar-refractivity contribution is 9.09. The summed E-state index contributed by atoms with van der Waals surface area (Å²) in [5.41, 5.74) is 0.634. The quantitative estimate of drug-likeness (QED) is 0.641. The van der Waals surface area contributed by atoms with Crippen molar-refractivity contribution < 1.29 is 0 Å². The van der Waals surface area contributed by atoms with Crippen LogP contribution in [0.5, 0.6) is 0 Å². The molecule has 2 unspecified atom stereocenters. The predicted octanol–water partition coefficient (Wildman–Crippen LogP) is 4.48. The van der Waals surface area contributed by atoms with Crippen molar-refractivity contribution in [2.24, 2.45) is 29.1 Å². The molecule has 0 amide bonds. The Hall–Kier alpha value is 0.480. The second kappa shape index (κ2) is 3.81. The van der Waals surface area contributed by atoms with Gasteiger partial charge in [0.05, 0.1) is 0 Å². The number of alkyl halides is 1. The molecule has 0 aromatic heterocycles. The van der Waals surface area contributed by atoms with E-state index in [-0.39, 0.29) is 0 Å². The fourth-order valence-electron chi connectivity index (χ4n) is 3.66. The van der Waals surface area contributed by atoms with E-state index in [1.54, 1.807) is 0 Å². The van der Waals surface area contributed by atoms with Crippen LogP contribution >= 0.6 is 15.9 Å². The molecule has 2 rings (SSSR count). The van der Waals surface area contributed by atoms with Gasteiger partial charge in [-0.05, 0) is 41.9 Å². The van der Waals surface area contributed by atoms with Crippen molar-refractivity contribution in [2.45, 2.75) is 46.5 Å². The van der Waals surface area contributed by atoms with Crippen LogP contribution in [0.1, 0.15) is 46.5 Å². The van der Waals surface area contributed by atoms with Crippen molar-refractivity contribution >= 4 is 15.9 Å². The first-order valence-electron chi connectivity index (χ1n) is 6.13. The maximum absolute atomic E-state index is 3.67. The van der Waals surface area contributed by atoms with Crippen LogP contribution in [0, 0.1) is 29.1 Å². The van der Waals surface area contributed by atoms with Gasteiger partial charge in [-0.25, -0.2) is 0 Å². The molecule has 82 valence electrons. The molecule has 2 aliphatic carbocycles. The number of hydrogen-bond acceptors (Lipinski definition) is 0. The maximum Gasteiger partial charge on any atom is 0.00678 e. The van der Waals surface area contributed by atoms with E-state index in [0.717, 1.165) is 23.7 Å². The monoisotopic (exact) mass is 258 g/mol. The molecule has 0 heterocycles. The Bertz CT molecular complexity index is 201. The van der Waals surface area contributed by atoms with Gasteiger partial charge in [-0.2, -0.15) is 0 Å². The molecule has 0 saturated heterocycles. The van der Waals surface area contributed by atoms with E-state index >= 15 is 0 Å². The first-order valence-corrected chi connectivity index (χ1v) is 7.25. The van der Waals surface area contributed by atoms with Gasteiger partial charge in [-0.15, -0.1) is 0 Å². The summed E-state index contributed by atoms with van der Waals surface area (Å²) in [5, 5.41) is 1.22. The average molecular weight is 259 g/mol. The Kier molecular flexibility index (Phi) is 2.99. The predicted molar refractivity (Wildman–Crippen MR) is 65.7 cm³/mol. The first kappa shape index (κ1) is 11.0. The molecule has 1 heteroatoms. The summed E-state index contributed by atoms with van der Waals surface area (Å²) in [5.74, 6) is 4.02. The molecule has 0 aromatic rings. The normalized spacial score (nSPS) is 46.3. The van der Waals surface area contributed by atoms with Crippen molar-refractivity contribution in [1.29, 1.82) is 0 Å². The van der Waals surface area contributed by atoms with Crippen molar-refractivity contribution in [3.63, 3.8) is 0 Å². The number of rotatable bonds is 2. The fourth-order valence-corrected chi connectivity index (χ4v) is 4.90. The Balaban J connectivity index is 1.92. The SMILES string of the molecule is CC1CCC(C2C(CBr)C2(C)C)CC1. The topological polar surface area (TPSA) is 0 Å². The summed E-state index contributed by atoms with van der Waals surface area (Å²) in [7, 11) is 0. The largest absolute Gasteiger partial charge is 0.0925 e. The van der Waals surface area contributed by atoms with E-state index in [0.29, 0.717) is 5.41 Å². The van der Waals surface area contributed by atoms with E-state index in [1.807, 2.05) is 0 Å². The number of hydrogen-bond donors (Lipinski definition) is 0. The van der Waals surface area contributed by atoms with Gasteiger partial charge in [0.2, 0.25) is 0 Å². The minimum absolute atomic E-state index is 0.634. The molecule has 2 saturated carbocycles.